The van der Waals surface area contributed by atoms with E-state index in [0.717, 1.165) is 50.9 Å². The smallest absolute Gasteiger partial charge is 0.409 e. The Balaban J connectivity index is 0.00000264. The van der Waals surface area contributed by atoms with Crippen molar-refractivity contribution < 1.29 is 9.53 Å². The molecule has 0 bridgehead atoms. The van der Waals surface area contributed by atoms with Crippen LogP contribution in [0.3, 0.4) is 0 Å². The maximum atomic E-state index is 11.7. The molecule has 1 saturated carbocycles. The summed E-state index contributed by atoms with van der Waals surface area (Å²) in [5, 5.41) is 6.81. The molecule has 23 heavy (non-hydrogen) atoms. The quantitative estimate of drug-likeness (QED) is 0.380. The van der Waals surface area contributed by atoms with Gasteiger partial charge in [-0.25, -0.2) is 4.79 Å². The van der Waals surface area contributed by atoms with Crippen LogP contribution in [0.25, 0.3) is 0 Å². The zero-order valence-corrected chi connectivity index (χ0v) is 16.7. The Morgan fingerprint density at radius 2 is 1.91 bits per heavy atom. The highest BCUT2D eigenvalue weighted by molar-refractivity contribution is 14.0. The summed E-state index contributed by atoms with van der Waals surface area (Å²) in [6, 6.07) is 0.379. The van der Waals surface area contributed by atoms with Gasteiger partial charge in [-0.2, -0.15) is 0 Å². The van der Waals surface area contributed by atoms with Gasteiger partial charge in [-0.05, 0) is 39.0 Å². The molecule has 1 aliphatic heterocycles. The number of aliphatic imine (C=N–C) groups is 1. The van der Waals surface area contributed by atoms with Gasteiger partial charge in [0.25, 0.3) is 0 Å². The summed E-state index contributed by atoms with van der Waals surface area (Å²) in [7, 11) is 0. The average molecular weight is 438 g/mol. The molecule has 1 amide bonds. The molecule has 0 spiro atoms. The lowest BCUT2D eigenvalue weighted by atomic mass is 10.1. The van der Waals surface area contributed by atoms with Crippen molar-refractivity contribution in [2.45, 2.75) is 52.0 Å². The van der Waals surface area contributed by atoms with Gasteiger partial charge in [0.1, 0.15) is 0 Å². The predicted octanol–water partition coefficient (Wildman–Crippen LogP) is 2.58. The monoisotopic (exact) mass is 438 g/mol. The second-order valence-corrected chi connectivity index (χ2v) is 6.10. The lowest BCUT2D eigenvalue weighted by Gasteiger charge is -2.32. The number of amides is 1. The van der Waals surface area contributed by atoms with E-state index in [2.05, 4.69) is 22.5 Å². The van der Waals surface area contributed by atoms with Crippen molar-refractivity contribution in [3.63, 3.8) is 0 Å². The van der Waals surface area contributed by atoms with Crippen LogP contribution in [-0.2, 0) is 4.74 Å². The van der Waals surface area contributed by atoms with Crippen molar-refractivity contribution in [1.82, 2.24) is 15.5 Å². The summed E-state index contributed by atoms with van der Waals surface area (Å²) in [6.45, 7) is 7.64. The third kappa shape index (κ3) is 7.58. The van der Waals surface area contributed by atoms with E-state index in [1.54, 1.807) is 4.90 Å². The molecule has 1 aliphatic carbocycles. The molecule has 7 heteroatoms. The molecule has 0 aromatic rings. The third-order valence-electron chi connectivity index (χ3n) is 4.21. The van der Waals surface area contributed by atoms with Crippen LogP contribution in [0.5, 0.6) is 0 Å². The molecule has 6 nitrogen and oxygen atoms in total. The minimum atomic E-state index is -0.189. The van der Waals surface area contributed by atoms with Gasteiger partial charge in [0.2, 0.25) is 0 Å². The van der Waals surface area contributed by atoms with Crippen LogP contribution in [0.4, 0.5) is 4.79 Å². The van der Waals surface area contributed by atoms with Gasteiger partial charge < -0.3 is 20.3 Å². The Morgan fingerprint density at radius 1 is 1.22 bits per heavy atom. The molecule has 0 aromatic heterocycles. The number of hydrogen-bond acceptors (Lipinski definition) is 3. The lowest BCUT2D eigenvalue weighted by Crippen LogP contribution is -2.49. The number of carbonyl (C=O) groups excluding carboxylic acids is 1. The highest BCUT2D eigenvalue weighted by Crippen LogP contribution is 2.32. The molecule has 2 rings (SSSR count). The number of halogens is 1. The van der Waals surface area contributed by atoms with Crippen LogP contribution in [0.15, 0.2) is 4.99 Å². The van der Waals surface area contributed by atoms with Gasteiger partial charge in [-0.15, -0.1) is 24.0 Å². The topological polar surface area (TPSA) is 66.0 Å². The van der Waals surface area contributed by atoms with E-state index in [1.165, 1.54) is 19.3 Å². The largest absolute Gasteiger partial charge is 0.450 e. The fraction of sp³-hybridized carbons (Fsp3) is 0.875. The van der Waals surface area contributed by atoms with Crippen molar-refractivity contribution in [2.24, 2.45) is 10.9 Å². The highest BCUT2D eigenvalue weighted by Gasteiger charge is 2.24. The summed E-state index contributed by atoms with van der Waals surface area (Å²) in [6.07, 6.45) is 5.65. The SMILES string of the molecule is CCNC(=NCCC1CC1)NC1CCN(C(=O)OCC)CC1.I. The van der Waals surface area contributed by atoms with Crippen LogP contribution in [0.1, 0.15) is 46.0 Å². The van der Waals surface area contributed by atoms with E-state index in [-0.39, 0.29) is 30.1 Å². The van der Waals surface area contributed by atoms with Gasteiger partial charge in [-0.1, -0.05) is 12.8 Å². The third-order valence-corrected chi connectivity index (χ3v) is 4.21. The molecule has 0 unspecified atom stereocenters. The summed E-state index contributed by atoms with van der Waals surface area (Å²) < 4.78 is 5.05. The van der Waals surface area contributed by atoms with E-state index >= 15 is 0 Å². The first-order chi connectivity index (χ1) is 10.7. The Hall–Kier alpha value is -0.730. The molecule has 0 aromatic carbocycles. The number of nitrogens with zero attached hydrogens (tertiary/aromatic N) is 2. The van der Waals surface area contributed by atoms with Gasteiger partial charge in [-0.3, -0.25) is 4.99 Å². The minimum Gasteiger partial charge on any atom is -0.450 e. The maximum absolute atomic E-state index is 11.7. The lowest BCUT2D eigenvalue weighted by molar-refractivity contribution is 0.0963. The molecule has 2 N–H and O–H groups in total. The average Bonchev–Trinajstić information content (AvgIpc) is 3.32. The predicted molar refractivity (Wildman–Crippen MR) is 103 cm³/mol. The van der Waals surface area contributed by atoms with Gasteiger partial charge in [0, 0.05) is 32.2 Å². The Kier molecular flexibility index (Phi) is 9.66. The van der Waals surface area contributed by atoms with Crippen LogP contribution in [-0.4, -0.2) is 55.8 Å². The first kappa shape index (κ1) is 20.3. The number of nitrogens with one attached hydrogen (secondary N) is 2. The first-order valence-corrected chi connectivity index (χ1v) is 8.69. The molecule has 1 saturated heterocycles. The van der Waals surface area contributed by atoms with Crippen molar-refractivity contribution in [3.05, 3.63) is 0 Å². The second kappa shape index (κ2) is 10.9. The normalized spacial score (nSPS) is 19.0. The Bertz CT molecular complexity index is 380. The molecule has 134 valence electrons. The molecule has 2 fully saturated rings. The molecular formula is C16H31IN4O2. The molecule has 2 aliphatic rings. The van der Waals surface area contributed by atoms with E-state index in [9.17, 15) is 4.79 Å². The highest BCUT2D eigenvalue weighted by atomic mass is 127. The van der Waals surface area contributed by atoms with Crippen molar-refractivity contribution in [1.29, 1.82) is 0 Å². The standard InChI is InChI=1S/C16H30N4O2.HI/c1-3-17-15(18-10-7-13-5-6-13)19-14-8-11-20(12-9-14)16(21)22-4-2;/h13-14H,3-12H2,1-2H3,(H2,17,18,19);1H. The van der Waals surface area contributed by atoms with Crippen molar-refractivity contribution in [2.75, 3.05) is 32.8 Å². The maximum Gasteiger partial charge on any atom is 0.409 e. The van der Waals surface area contributed by atoms with Gasteiger partial charge in [0.05, 0.1) is 6.61 Å². The number of ether oxygens (including phenoxy) is 1. The van der Waals surface area contributed by atoms with Crippen molar-refractivity contribution in [3.8, 4) is 0 Å². The zero-order valence-electron chi connectivity index (χ0n) is 14.3. The second-order valence-electron chi connectivity index (χ2n) is 6.10. The zero-order chi connectivity index (χ0) is 15.8. The number of likely N-dealkylation sites (tertiary alicyclic amines) is 1. The van der Waals surface area contributed by atoms with Crippen LogP contribution < -0.4 is 10.6 Å². The summed E-state index contributed by atoms with van der Waals surface area (Å²) >= 11 is 0. The number of rotatable bonds is 6. The van der Waals surface area contributed by atoms with Gasteiger partial charge >= 0.3 is 6.09 Å². The molecule has 1 heterocycles. The van der Waals surface area contributed by atoms with E-state index in [1.807, 2.05) is 6.92 Å². The summed E-state index contributed by atoms with van der Waals surface area (Å²) in [5.74, 6) is 1.83. The Labute approximate surface area is 156 Å². The number of guanidine groups is 1. The van der Waals surface area contributed by atoms with Crippen LogP contribution >= 0.6 is 24.0 Å². The van der Waals surface area contributed by atoms with Crippen LogP contribution in [0, 0.1) is 5.92 Å². The molecule has 0 atom stereocenters. The first-order valence-electron chi connectivity index (χ1n) is 8.69. The minimum absolute atomic E-state index is 0. The number of carbonyl (C=O) groups is 1. The van der Waals surface area contributed by atoms with Gasteiger partial charge in [0.15, 0.2) is 5.96 Å². The van der Waals surface area contributed by atoms with E-state index < -0.39 is 0 Å². The van der Waals surface area contributed by atoms with Crippen molar-refractivity contribution >= 4 is 36.0 Å². The fourth-order valence-electron chi connectivity index (χ4n) is 2.70. The molecule has 0 radical (unpaired) electrons. The van der Waals surface area contributed by atoms with E-state index in [0.29, 0.717) is 12.6 Å². The number of piperidine rings is 1. The Morgan fingerprint density at radius 3 is 2.48 bits per heavy atom. The summed E-state index contributed by atoms with van der Waals surface area (Å²) in [4.78, 5) is 18.1. The number of hydrogen-bond donors (Lipinski definition) is 2. The molecular weight excluding hydrogens is 407 g/mol. The van der Waals surface area contributed by atoms with Crippen LogP contribution in [0.2, 0.25) is 0 Å². The summed E-state index contributed by atoms with van der Waals surface area (Å²) in [5.41, 5.74) is 0. The van der Waals surface area contributed by atoms with E-state index in [4.69, 9.17) is 4.74 Å². The fourth-order valence-corrected chi connectivity index (χ4v) is 2.70.